The Labute approximate surface area is 185 Å². The monoisotopic (exact) mass is 475 g/mol. The van der Waals surface area contributed by atoms with Gasteiger partial charge in [-0.3, -0.25) is 0 Å². The number of likely N-dealkylation sites (N-methyl/N-ethyl adjacent to an activating group) is 1. The highest BCUT2D eigenvalue weighted by atomic mass is 35.5. The first-order valence-corrected chi connectivity index (χ1v) is 11.3. The number of ether oxygens (including phenoxy) is 2. The maximum absolute atomic E-state index is 13.2. The summed E-state index contributed by atoms with van der Waals surface area (Å²) in [6.07, 6.45) is 0. The van der Waals surface area contributed by atoms with Gasteiger partial charge in [0.15, 0.2) is 0 Å². The van der Waals surface area contributed by atoms with Crippen LogP contribution in [-0.2, 0) is 10.0 Å². The average Bonchev–Trinajstić information content (AvgIpc) is 2.74. The lowest BCUT2D eigenvalue weighted by Gasteiger charge is -2.35. The van der Waals surface area contributed by atoms with E-state index in [0.29, 0.717) is 33.9 Å². The van der Waals surface area contributed by atoms with Gasteiger partial charge >= 0.3 is 6.61 Å². The molecule has 0 amide bonds. The summed E-state index contributed by atoms with van der Waals surface area (Å²) >= 11 is 6.23. The van der Waals surface area contributed by atoms with E-state index in [4.69, 9.17) is 16.5 Å². The van der Waals surface area contributed by atoms with Crippen molar-refractivity contribution in [2.75, 3.05) is 49.1 Å². The number of anilines is 2. The number of sulfonamides is 1. The molecule has 0 N–H and O–H groups in total. The third-order valence-corrected chi connectivity index (χ3v) is 7.29. The minimum Gasteiger partial charge on any atom is -0.495 e. The normalized spacial score (nSPS) is 15.3. The average molecular weight is 476 g/mol. The van der Waals surface area contributed by atoms with Crippen molar-refractivity contribution in [3.8, 4) is 11.5 Å². The van der Waals surface area contributed by atoms with E-state index in [0.717, 1.165) is 19.2 Å². The minimum absolute atomic E-state index is 0.0248. The van der Waals surface area contributed by atoms with Gasteiger partial charge in [-0.2, -0.15) is 21.0 Å². The minimum atomic E-state index is -4.19. The number of hydrogen-bond acceptors (Lipinski definition) is 6. The van der Waals surface area contributed by atoms with Gasteiger partial charge in [0.1, 0.15) is 11.5 Å². The lowest BCUT2D eigenvalue weighted by atomic mass is 10.2. The fourth-order valence-electron chi connectivity index (χ4n) is 3.30. The van der Waals surface area contributed by atoms with E-state index in [2.05, 4.69) is 14.5 Å². The molecular weight excluding hydrogens is 452 g/mol. The van der Waals surface area contributed by atoms with Gasteiger partial charge in [-0.15, -0.1) is 0 Å². The number of rotatable bonds is 7. The SMILES string of the molecule is COc1ccc(S(=O)(=O)N(Cl)c2cc(OC(F)F)ccc2C)cc1N1CCN(C)CC1. The van der Waals surface area contributed by atoms with Crippen LogP contribution in [0.2, 0.25) is 0 Å². The van der Waals surface area contributed by atoms with Gasteiger partial charge in [0.25, 0.3) is 10.0 Å². The molecule has 170 valence electrons. The second kappa shape index (κ2) is 9.46. The van der Waals surface area contributed by atoms with Crippen molar-refractivity contribution in [1.29, 1.82) is 0 Å². The smallest absolute Gasteiger partial charge is 0.387 e. The van der Waals surface area contributed by atoms with E-state index in [1.165, 1.54) is 31.4 Å². The highest BCUT2D eigenvalue weighted by Crippen LogP contribution is 2.36. The van der Waals surface area contributed by atoms with Crippen LogP contribution in [-0.4, -0.2) is 60.3 Å². The molecule has 0 unspecified atom stereocenters. The predicted octanol–water partition coefficient (Wildman–Crippen LogP) is 3.71. The van der Waals surface area contributed by atoms with E-state index in [-0.39, 0.29) is 16.3 Å². The van der Waals surface area contributed by atoms with Gasteiger partial charge in [0.05, 0.1) is 23.4 Å². The molecular formula is C20H24ClF2N3O4S. The third-order valence-electron chi connectivity index (χ3n) is 5.10. The van der Waals surface area contributed by atoms with Crippen molar-refractivity contribution in [3.63, 3.8) is 0 Å². The second-order valence-electron chi connectivity index (χ2n) is 7.17. The molecule has 3 rings (SSSR count). The van der Waals surface area contributed by atoms with E-state index in [1.807, 2.05) is 7.05 Å². The van der Waals surface area contributed by atoms with Crippen LogP contribution in [0.25, 0.3) is 0 Å². The van der Waals surface area contributed by atoms with Gasteiger partial charge in [-0.1, -0.05) is 6.07 Å². The largest absolute Gasteiger partial charge is 0.495 e. The number of piperazine rings is 1. The first-order valence-electron chi connectivity index (χ1n) is 9.51. The number of benzene rings is 2. The highest BCUT2D eigenvalue weighted by molar-refractivity contribution is 7.94. The van der Waals surface area contributed by atoms with Gasteiger partial charge in [-0.05, 0) is 43.8 Å². The molecule has 1 fully saturated rings. The third kappa shape index (κ3) is 5.13. The molecule has 7 nitrogen and oxygen atoms in total. The lowest BCUT2D eigenvalue weighted by Crippen LogP contribution is -2.44. The number of alkyl halides is 2. The van der Waals surface area contributed by atoms with E-state index in [9.17, 15) is 17.2 Å². The number of nitrogens with zero attached hydrogens (tertiary/aromatic N) is 3. The molecule has 0 bridgehead atoms. The van der Waals surface area contributed by atoms with E-state index < -0.39 is 16.6 Å². The summed E-state index contributed by atoms with van der Waals surface area (Å²) in [6.45, 7) is 1.68. The Morgan fingerprint density at radius 2 is 1.77 bits per heavy atom. The molecule has 1 saturated heterocycles. The number of hydrogen-bond donors (Lipinski definition) is 0. The molecule has 2 aromatic rings. The van der Waals surface area contributed by atoms with E-state index >= 15 is 0 Å². The van der Waals surface area contributed by atoms with Crippen LogP contribution in [0.3, 0.4) is 0 Å². The zero-order valence-electron chi connectivity index (χ0n) is 17.4. The summed E-state index contributed by atoms with van der Waals surface area (Å²) < 4.78 is 62.0. The van der Waals surface area contributed by atoms with Crippen LogP contribution in [0.5, 0.6) is 11.5 Å². The first kappa shape index (κ1) is 23.4. The summed E-state index contributed by atoms with van der Waals surface area (Å²) in [5, 5.41) is 0. The highest BCUT2D eigenvalue weighted by Gasteiger charge is 2.28. The van der Waals surface area contributed by atoms with Crippen molar-refractivity contribution < 1.29 is 26.7 Å². The van der Waals surface area contributed by atoms with Crippen LogP contribution in [0.15, 0.2) is 41.3 Å². The molecule has 11 heteroatoms. The van der Waals surface area contributed by atoms with E-state index in [1.54, 1.807) is 13.0 Å². The van der Waals surface area contributed by atoms with Crippen molar-refractivity contribution >= 4 is 33.2 Å². The molecule has 1 aliphatic rings. The van der Waals surface area contributed by atoms with Crippen molar-refractivity contribution in [2.24, 2.45) is 0 Å². The summed E-state index contributed by atoms with van der Waals surface area (Å²) in [7, 11) is -0.648. The lowest BCUT2D eigenvalue weighted by molar-refractivity contribution is -0.0498. The zero-order chi connectivity index (χ0) is 22.8. The van der Waals surface area contributed by atoms with Gasteiger partial charge in [0, 0.05) is 44.0 Å². The fourth-order valence-corrected chi connectivity index (χ4v) is 4.86. The Morgan fingerprint density at radius 1 is 1.10 bits per heavy atom. The Hall–Kier alpha value is -2.30. The molecule has 0 aliphatic carbocycles. The summed E-state index contributed by atoms with van der Waals surface area (Å²) in [6, 6.07) is 8.44. The molecule has 0 radical (unpaired) electrons. The van der Waals surface area contributed by atoms with Crippen molar-refractivity contribution in [3.05, 3.63) is 42.0 Å². The number of aryl methyl sites for hydroxylation is 1. The van der Waals surface area contributed by atoms with Gasteiger partial charge < -0.3 is 19.3 Å². The van der Waals surface area contributed by atoms with Crippen LogP contribution in [0, 0.1) is 6.92 Å². The number of halogens is 3. The van der Waals surface area contributed by atoms with Crippen LogP contribution < -0.4 is 18.2 Å². The Balaban J connectivity index is 1.97. The van der Waals surface area contributed by atoms with Crippen LogP contribution in [0.4, 0.5) is 20.2 Å². The molecule has 2 aromatic carbocycles. The first-order chi connectivity index (χ1) is 14.6. The second-order valence-corrected chi connectivity index (χ2v) is 9.50. The van der Waals surface area contributed by atoms with Crippen LogP contribution >= 0.6 is 11.8 Å². The molecule has 1 aliphatic heterocycles. The van der Waals surface area contributed by atoms with Gasteiger partial charge in [-0.25, -0.2) is 0 Å². The summed E-state index contributed by atoms with van der Waals surface area (Å²) in [5.74, 6) is 0.359. The Bertz CT molecular complexity index is 1030. The molecule has 0 saturated carbocycles. The Morgan fingerprint density at radius 3 is 2.39 bits per heavy atom. The maximum Gasteiger partial charge on any atom is 0.387 e. The maximum atomic E-state index is 13.2. The van der Waals surface area contributed by atoms with Gasteiger partial charge in [0.2, 0.25) is 0 Å². The summed E-state index contributed by atoms with van der Waals surface area (Å²) in [5.41, 5.74) is 1.15. The fraction of sp³-hybridized carbons (Fsp3) is 0.400. The van der Waals surface area contributed by atoms with Crippen molar-refractivity contribution in [2.45, 2.75) is 18.4 Å². The standard InChI is InChI=1S/C20H24ClF2N3O4S/c1-14-4-5-15(30-20(22)23)12-17(14)26(21)31(27,28)16-6-7-19(29-3)18(13-16)25-10-8-24(2)9-11-25/h4-7,12-13,20H,8-11H2,1-3H3. The molecule has 1 heterocycles. The molecule has 31 heavy (non-hydrogen) atoms. The Kier molecular flexibility index (Phi) is 7.13. The van der Waals surface area contributed by atoms with Crippen molar-refractivity contribution in [1.82, 2.24) is 4.90 Å². The topological polar surface area (TPSA) is 62.3 Å². The zero-order valence-corrected chi connectivity index (χ0v) is 19.0. The number of methoxy groups -OCH3 is 1. The summed E-state index contributed by atoms with van der Waals surface area (Å²) in [4.78, 5) is 4.19. The quantitative estimate of drug-likeness (QED) is 0.569. The predicted molar refractivity (Wildman–Crippen MR) is 116 cm³/mol. The molecule has 0 spiro atoms. The molecule has 0 aromatic heterocycles. The van der Waals surface area contributed by atoms with Crippen LogP contribution in [0.1, 0.15) is 5.56 Å². The molecule has 0 atom stereocenters.